The average molecular weight is 336 g/mol. The standard InChI is InChI=1S/C20H20N2O3/c1-14(2)13-25-17-10-8-15(9-11-17)12-18-19(23)21-22(20(18)24)16-6-4-3-5-7-16/h3-12,14H,13H2,1-2H3,(H,21,23)/b18-12-. The van der Waals surface area contributed by atoms with Gasteiger partial charge in [-0.25, -0.2) is 5.01 Å². The molecule has 1 aliphatic rings. The normalized spacial score (nSPS) is 15.8. The molecule has 1 aliphatic heterocycles. The summed E-state index contributed by atoms with van der Waals surface area (Å²) in [5.74, 6) is 0.444. The first-order valence-electron chi connectivity index (χ1n) is 8.19. The highest BCUT2D eigenvalue weighted by Crippen LogP contribution is 2.22. The second-order valence-corrected chi connectivity index (χ2v) is 6.25. The molecule has 128 valence electrons. The van der Waals surface area contributed by atoms with Crippen molar-refractivity contribution in [3.8, 4) is 5.75 Å². The van der Waals surface area contributed by atoms with E-state index in [9.17, 15) is 9.59 Å². The van der Waals surface area contributed by atoms with Crippen LogP contribution in [0.4, 0.5) is 5.69 Å². The molecule has 1 heterocycles. The lowest BCUT2D eigenvalue weighted by molar-refractivity contribution is -0.117. The fourth-order valence-electron chi connectivity index (χ4n) is 2.41. The number of amides is 2. The fourth-order valence-corrected chi connectivity index (χ4v) is 2.41. The maximum Gasteiger partial charge on any atom is 0.282 e. The molecular weight excluding hydrogens is 316 g/mol. The Morgan fingerprint density at radius 1 is 1.04 bits per heavy atom. The molecule has 1 N–H and O–H groups in total. The molecule has 2 aromatic rings. The fraction of sp³-hybridized carbons (Fsp3) is 0.200. The summed E-state index contributed by atoms with van der Waals surface area (Å²) in [7, 11) is 0. The summed E-state index contributed by atoms with van der Waals surface area (Å²) in [4.78, 5) is 24.7. The van der Waals surface area contributed by atoms with Crippen LogP contribution in [-0.2, 0) is 9.59 Å². The van der Waals surface area contributed by atoms with E-state index in [1.165, 1.54) is 5.01 Å². The Morgan fingerprint density at radius 3 is 2.36 bits per heavy atom. The topological polar surface area (TPSA) is 58.6 Å². The maximum absolute atomic E-state index is 12.5. The number of hydrogen-bond acceptors (Lipinski definition) is 3. The van der Waals surface area contributed by atoms with E-state index in [4.69, 9.17) is 4.74 Å². The lowest BCUT2D eigenvalue weighted by atomic mass is 10.1. The molecule has 2 aromatic carbocycles. The first-order valence-corrected chi connectivity index (χ1v) is 8.19. The number of hydrazine groups is 1. The average Bonchev–Trinajstić information content (AvgIpc) is 2.90. The van der Waals surface area contributed by atoms with Crippen molar-refractivity contribution in [3.05, 3.63) is 65.7 Å². The van der Waals surface area contributed by atoms with Crippen LogP contribution in [0.25, 0.3) is 6.08 Å². The van der Waals surface area contributed by atoms with Gasteiger partial charge in [-0.15, -0.1) is 0 Å². The summed E-state index contributed by atoms with van der Waals surface area (Å²) in [5.41, 5.74) is 4.09. The highest BCUT2D eigenvalue weighted by atomic mass is 16.5. The van der Waals surface area contributed by atoms with E-state index in [1.54, 1.807) is 18.2 Å². The van der Waals surface area contributed by atoms with Crippen molar-refractivity contribution in [1.29, 1.82) is 0 Å². The minimum atomic E-state index is -0.408. The molecule has 25 heavy (non-hydrogen) atoms. The van der Waals surface area contributed by atoms with Crippen LogP contribution in [0, 0.1) is 5.92 Å². The largest absolute Gasteiger partial charge is 0.493 e. The van der Waals surface area contributed by atoms with Gasteiger partial charge in [0.05, 0.1) is 12.3 Å². The molecule has 0 bridgehead atoms. The number of benzene rings is 2. The lowest BCUT2D eigenvalue weighted by Crippen LogP contribution is -2.35. The molecule has 1 saturated heterocycles. The van der Waals surface area contributed by atoms with Crippen LogP contribution in [0.2, 0.25) is 0 Å². The van der Waals surface area contributed by atoms with Crippen LogP contribution in [-0.4, -0.2) is 18.4 Å². The number of carbonyl (C=O) groups is 2. The van der Waals surface area contributed by atoms with Crippen molar-refractivity contribution in [2.45, 2.75) is 13.8 Å². The number of hydrogen-bond donors (Lipinski definition) is 1. The third kappa shape index (κ3) is 3.88. The van der Waals surface area contributed by atoms with Gasteiger partial charge in [0.1, 0.15) is 11.3 Å². The van der Waals surface area contributed by atoms with Gasteiger partial charge in [-0.3, -0.25) is 15.0 Å². The van der Waals surface area contributed by atoms with Crippen molar-refractivity contribution in [2.75, 3.05) is 11.6 Å². The van der Waals surface area contributed by atoms with Crippen LogP contribution in [0.3, 0.4) is 0 Å². The predicted octanol–water partition coefficient (Wildman–Crippen LogP) is 3.18. The van der Waals surface area contributed by atoms with Crippen molar-refractivity contribution >= 4 is 23.6 Å². The van der Waals surface area contributed by atoms with Crippen molar-refractivity contribution in [1.82, 2.24) is 5.43 Å². The highest BCUT2D eigenvalue weighted by Gasteiger charge is 2.34. The van der Waals surface area contributed by atoms with Gasteiger partial charge in [0, 0.05) is 0 Å². The number of rotatable bonds is 5. The van der Waals surface area contributed by atoms with Crippen LogP contribution >= 0.6 is 0 Å². The quantitative estimate of drug-likeness (QED) is 0.674. The summed E-state index contributed by atoms with van der Waals surface area (Å²) in [6.07, 6.45) is 1.59. The summed E-state index contributed by atoms with van der Waals surface area (Å²) in [6.45, 7) is 4.82. The molecule has 0 unspecified atom stereocenters. The second kappa shape index (κ2) is 7.21. The Bertz CT molecular complexity index is 795. The Balaban J connectivity index is 1.77. The smallest absolute Gasteiger partial charge is 0.282 e. The maximum atomic E-state index is 12.5. The molecular formula is C20H20N2O3. The minimum Gasteiger partial charge on any atom is -0.493 e. The van der Waals surface area contributed by atoms with Gasteiger partial charge in [0.2, 0.25) is 0 Å². The molecule has 3 rings (SSSR count). The molecule has 0 aliphatic carbocycles. The van der Waals surface area contributed by atoms with Crippen LogP contribution in [0.15, 0.2) is 60.2 Å². The van der Waals surface area contributed by atoms with E-state index in [0.29, 0.717) is 18.2 Å². The molecule has 1 fully saturated rings. The molecule has 5 heteroatoms. The van der Waals surface area contributed by atoms with Gasteiger partial charge in [0.15, 0.2) is 0 Å². The molecule has 5 nitrogen and oxygen atoms in total. The number of para-hydroxylation sites is 1. The number of nitrogens with zero attached hydrogens (tertiary/aromatic N) is 1. The van der Waals surface area contributed by atoms with Gasteiger partial charge in [-0.2, -0.15) is 0 Å². The number of nitrogens with one attached hydrogen (secondary N) is 1. The third-order valence-corrected chi connectivity index (χ3v) is 3.68. The van der Waals surface area contributed by atoms with E-state index in [2.05, 4.69) is 19.3 Å². The van der Waals surface area contributed by atoms with Gasteiger partial charge in [0.25, 0.3) is 11.8 Å². The van der Waals surface area contributed by atoms with Gasteiger partial charge in [-0.05, 0) is 41.8 Å². The highest BCUT2D eigenvalue weighted by molar-refractivity contribution is 6.31. The zero-order chi connectivity index (χ0) is 17.8. The summed E-state index contributed by atoms with van der Waals surface area (Å²) < 4.78 is 5.63. The van der Waals surface area contributed by atoms with E-state index >= 15 is 0 Å². The van der Waals surface area contributed by atoms with E-state index in [0.717, 1.165) is 11.3 Å². The van der Waals surface area contributed by atoms with E-state index in [-0.39, 0.29) is 11.5 Å². The van der Waals surface area contributed by atoms with Gasteiger partial charge >= 0.3 is 0 Å². The summed E-state index contributed by atoms with van der Waals surface area (Å²) in [6, 6.07) is 16.3. The van der Waals surface area contributed by atoms with Crippen LogP contribution in [0.5, 0.6) is 5.75 Å². The molecule has 0 atom stereocenters. The first-order chi connectivity index (χ1) is 12.0. The monoisotopic (exact) mass is 336 g/mol. The van der Waals surface area contributed by atoms with E-state index < -0.39 is 5.91 Å². The van der Waals surface area contributed by atoms with Crippen LogP contribution in [0.1, 0.15) is 19.4 Å². The zero-order valence-electron chi connectivity index (χ0n) is 14.2. The zero-order valence-corrected chi connectivity index (χ0v) is 14.2. The van der Waals surface area contributed by atoms with Crippen LogP contribution < -0.4 is 15.2 Å². The Labute approximate surface area is 146 Å². The number of ether oxygens (including phenoxy) is 1. The molecule has 2 amide bonds. The Kier molecular flexibility index (Phi) is 4.84. The molecule has 0 aromatic heterocycles. The predicted molar refractivity (Wildman–Crippen MR) is 96.8 cm³/mol. The first kappa shape index (κ1) is 16.8. The molecule has 0 radical (unpaired) electrons. The SMILES string of the molecule is CC(C)COc1ccc(/C=C2/C(=O)NN(c3ccccc3)C2=O)cc1. The van der Waals surface area contributed by atoms with Crippen molar-refractivity contribution in [3.63, 3.8) is 0 Å². The number of carbonyl (C=O) groups excluding carboxylic acids is 2. The summed E-state index contributed by atoms with van der Waals surface area (Å²) in [5, 5.41) is 1.26. The van der Waals surface area contributed by atoms with E-state index in [1.807, 2.05) is 42.5 Å². The summed E-state index contributed by atoms with van der Waals surface area (Å²) >= 11 is 0. The van der Waals surface area contributed by atoms with Crippen molar-refractivity contribution in [2.24, 2.45) is 5.92 Å². The minimum absolute atomic E-state index is 0.111. The lowest BCUT2D eigenvalue weighted by Gasteiger charge is -2.13. The Morgan fingerprint density at radius 2 is 1.72 bits per heavy atom. The Hall–Kier alpha value is -3.08. The van der Waals surface area contributed by atoms with Gasteiger partial charge < -0.3 is 4.74 Å². The van der Waals surface area contributed by atoms with Gasteiger partial charge in [-0.1, -0.05) is 44.2 Å². The molecule has 0 saturated carbocycles. The van der Waals surface area contributed by atoms with Crippen molar-refractivity contribution < 1.29 is 14.3 Å². The number of anilines is 1. The second-order valence-electron chi connectivity index (χ2n) is 6.25. The third-order valence-electron chi connectivity index (χ3n) is 3.68. The molecule has 0 spiro atoms.